The second-order valence-corrected chi connectivity index (χ2v) is 3.64. The average molecular weight is 226 g/mol. The maximum absolute atomic E-state index is 11.1. The topological polar surface area (TPSA) is 59.4 Å². The van der Waals surface area contributed by atoms with Crippen molar-refractivity contribution >= 4 is 5.91 Å². The molecule has 0 N–H and O–H groups in total. The van der Waals surface area contributed by atoms with Crippen LogP contribution in [0.2, 0.25) is 0 Å². The third kappa shape index (κ3) is 2.25. The molecule has 1 aromatic heterocycles. The molecule has 0 saturated carbocycles. The molecule has 17 heavy (non-hydrogen) atoms. The van der Waals surface area contributed by atoms with Crippen molar-refractivity contribution < 1.29 is 4.79 Å². The van der Waals surface area contributed by atoms with E-state index in [0.29, 0.717) is 5.56 Å². The van der Waals surface area contributed by atoms with Crippen LogP contribution in [0.25, 0.3) is 11.3 Å². The van der Waals surface area contributed by atoms with Crippen LogP contribution in [0.3, 0.4) is 0 Å². The van der Waals surface area contributed by atoms with Crippen LogP contribution in [0.1, 0.15) is 15.9 Å². The maximum Gasteiger partial charge on any atom is 0.316 e. The van der Waals surface area contributed by atoms with E-state index in [1.807, 2.05) is 25.1 Å². The number of carbonyl (C=O) groups is 1. The molecule has 2 aromatic rings. The first kappa shape index (κ1) is 11.1. The Morgan fingerprint density at radius 1 is 1.24 bits per heavy atom. The Bertz CT molecular complexity index is 565. The smallest absolute Gasteiger partial charge is 0.263 e. The third-order valence-corrected chi connectivity index (χ3v) is 2.50. The van der Waals surface area contributed by atoms with E-state index in [2.05, 4.69) is 10.2 Å². The highest BCUT2D eigenvalue weighted by Crippen LogP contribution is 2.22. The summed E-state index contributed by atoms with van der Waals surface area (Å²) in [6, 6.07) is 10.6. The number of amides is 1. The lowest BCUT2D eigenvalue weighted by atomic mass is 10.0. The SMILES string of the molecule is Cc1cc(C(=O)N=O)ccc1-c1ccccn1. The van der Waals surface area contributed by atoms with Crippen LogP contribution in [0.15, 0.2) is 47.8 Å². The maximum atomic E-state index is 11.1. The minimum absolute atomic E-state index is 0.303. The first-order valence-corrected chi connectivity index (χ1v) is 5.12. The van der Waals surface area contributed by atoms with Crippen molar-refractivity contribution in [3.05, 3.63) is 58.6 Å². The predicted molar refractivity (Wildman–Crippen MR) is 64.5 cm³/mol. The fraction of sp³-hybridized carbons (Fsp3) is 0.0769. The monoisotopic (exact) mass is 226 g/mol. The summed E-state index contributed by atoms with van der Waals surface area (Å²) in [5.74, 6) is -0.749. The van der Waals surface area contributed by atoms with Gasteiger partial charge >= 0.3 is 5.91 Å². The number of rotatable bonds is 2. The zero-order chi connectivity index (χ0) is 12.3. The van der Waals surface area contributed by atoms with E-state index in [9.17, 15) is 9.70 Å². The molecule has 0 aliphatic carbocycles. The van der Waals surface area contributed by atoms with Crippen molar-refractivity contribution in [2.45, 2.75) is 6.92 Å². The Balaban J connectivity index is 2.46. The van der Waals surface area contributed by atoms with Gasteiger partial charge in [-0.3, -0.25) is 9.78 Å². The van der Waals surface area contributed by atoms with Gasteiger partial charge < -0.3 is 0 Å². The van der Waals surface area contributed by atoms with E-state index in [4.69, 9.17) is 0 Å². The Kier molecular flexibility index (Phi) is 3.05. The van der Waals surface area contributed by atoms with Crippen LogP contribution in [0.4, 0.5) is 0 Å². The van der Waals surface area contributed by atoms with Crippen molar-refractivity contribution in [3.63, 3.8) is 0 Å². The van der Waals surface area contributed by atoms with Gasteiger partial charge in [0.15, 0.2) is 0 Å². The summed E-state index contributed by atoms with van der Waals surface area (Å²) >= 11 is 0. The lowest BCUT2D eigenvalue weighted by molar-refractivity contribution is 0.100. The Morgan fingerprint density at radius 3 is 2.65 bits per heavy atom. The van der Waals surface area contributed by atoms with Crippen LogP contribution >= 0.6 is 0 Å². The van der Waals surface area contributed by atoms with Crippen LogP contribution in [-0.2, 0) is 0 Å². The van der Waals surface area contributed by atoms with E-state index in [1.54, 1.807) is 24.4 Å². The van der Waals surface area contributed by atoms with Gasteiger partial charge in [0.05, 0.1) is 5.69 Å². The van der Waals surface area contributed by atoms with E-state index >= 15 is 0 Å². The molecule has 4 nitrogen and oxygen atoms in total. The highest BCUT2D eigenvalue weighted by atomic mass is 16.3. The number of aromatic nitrogens is 1. The van der Waals surface area contributed by atoms with Crippen molar-refractivity contribution in [2.24, 2.45) is 5.18 Å². The number of hydrogen-bond acceptors (Lipinski definition) is 3. The van der Waals surface area contributed by atoms with Gasteiger partial charge in [-0.2, -0.15) is 0 Å². The molecule has 2 rings (SSSR count). The number of aryl methyl sites for hydroxylation is 1. The molecule has 0 unspecified atom stereocenters. The number of carbonyl (C=O) groups excluding carboxylic acids is 1. The summed E-state index contributed by atoms with van der Waals surface area (Å²) in [4.78, 5) is 25.5. The zero-order valence-corrected chi connectivity index (χ0v) is 9.25. The van der Waals surface area contributed by atoms with Gasteiger partial charge in [-0.05, 0) is 36.8 Å². The average Bonchev–Trinajstić information content (AvgIpc) is 2.38. The highest BCUT2D eigenvalue weighted by Gasteiger charge is 2.09. The van der Waals surface area contributed by atoms with E-state index < -0.39 is 5.91 Å². The number of pyridine rings is 1. The molecule has 0 saturated heterocycles. The Hall–Kier alpha value is -2.36. The van der Waals surface area contributed by atoms with E-state index in [-0.39, 0.29) is 0 Å². The summed E-state index contributed by atoms with van der Waals surface area (Å²) in [6.45, 7) is 1.87. The third-order valence-electron chi connectivity index (χ3n) is 2.50. The summed E-state index contributed by atoms with van der Waals surface area (Å²) in [5.41, 5.74) is 2.96. The summed E-state index contributed by atoms with van der Waals surface area (Å²) in [7, 11) is 0. The van der Waals surface area contributed by atoms with Gasteiger partial charge in [0.1, 0.15) is 0 Å². The second-order valence-electron chi connectivity index (χ2n) is 3.64. The van der Waals surface area contributed by atoms with Gasteiger partial charge in [-0.1, -0.05) is 12.1 Å². The van der Waals surface area contributed by atoms with E-state index in [0.717, 1.165) is 16.8 Å². The largest absolute Gasteiger partial charge is 0.316 e. The summed E-state index contributed by atoms with van der Waals surface area (Å²) in [6.07, 6.45) is 1.71. The molecule has 1 heterocycles. The molecule has 0 atom stereocenters. The molecule has 1 aromatic carbocycles. The summed E-state index contributed by atoms with van der Waals surface area (Å²) in [5, 5.41) is 2.40. The lowest BCUT2D eigenvalue weighted by Gasteiger charge is -2.05. The van der Waals surface area contributed by atoms with E-state index in [1.165, 1.54) is 0 Å². The minimum Gasteiger partial charge on any atom is -0.263 e. The van der Waals surface area contributed by atoms with Crippen molar-refractivity contribution in [1.29, 1.82) is 0 Å². The van der Waals surface area contributed by atoms with Crippen LogP contribution < -0.4 is 0 Å². The Labute approximate surface area is 98.3 Å². The molecule has 4 heteroatoms. The molecule has 84 valence electrons. The predicted octanol–water partition coefficient (Wildman–Crippen LogP) is 2.96. The van der Waals surface area contributed by atoms with Gasteiger partial charge in [-0.25, -0.2) is 0 Å². The normalized spacial score (nSPS) is 9.94. The highest BCUT2D eigenvalue weighted by molar-refractivity contribution is 5.95. The number of nitrogens with zero attached hydrogens (tertiary/aromatic N) is 2. The van der Waals surface area contributed by atoms with Crippen molar-refractivity contribution in [3.8, 4) is 11.3 Å². The fourth-order valence-electron chi connectivity index (χ4n) is 1.66. The molecular weight excluding hydrogens is 216 g/mol. The molecule has 0 aliphatic rings. The Morgan fingerprint density at radius 2 is 2.06 bits per heavy atom. The minimum atomic E-state index is -0.749. The molecule has 0 fully saturated rings. The van der Waals surface area contributed by atoms with Crippen LogP contribution in [0.5, 0.6) is 0 Å². The standard InChI is InChI=1S/C13H10N2O2/c1-9-8-10(13(16)15-17)5-6-11(9)12-4-2-3-7-14-12/h2-8H,1H3. The van der Waals surface area contributed by atoms with Crippen molar-refractivity contribution in [1.82, 2.24) is 4.98 Å². The quantitative estimate of drug-likeness (QED) is 0.739. The molecular formula is C13H10N2O2. The molecule has 0 bridgehead atoms. The van der Waals surface area contributed by atoms with Gasteiger partial charge in [0.2, 0.25) is 0 Å². The molecule has 0 radical (unpaired) electrons. The second kappa shape index (κ2) is 4.65. The molecule has 0 spiro atoms. The molecule has 0 aliphatic heterocycles. The van der Waals surface area contributed by atoms with Crippen LogP contribution in [-0.4, -0.2) is 10.9 Å². The number of hydrogen-bond donors (Lipinski definition) is 0. The van der Waals surface area contributed by atoms with Gasteiger partial charge in [0.25, 0.3) is 0 Å². The van der Waals surface area contributed by atoms with Gasteiger partial charge in [-0.15, -0.1) is 4.91 Å². The summed E-state index contributed by atoms with van der Waals surface area (Å²) < 4.78 is 0. The van der Waals surface area contributed by atoms with Gasteiger partial charge in [0, 0.05) is 22.5 Å². The number of nitroso groups, excluding NO2 is 1. The van der Waals surface area contributed by atoms with Crippen molar-refractivity contribution in [2.75, 3.05) is 0 Å². The first-order valence-electron chi connectivity index (χ1n) is 5.12. The number of benzene rings is 1. The zero-order valence-electron chi connectivity index (χ0n) is 9.25. The first-order chi connectivity index (χ1) is 8.22. The fourth-order valence-corrected chi connectivity index (χ4v) is 1.66. The molecule has 1 amide bonds. The van der Waals surface area contributed by atoms with Crippen LogP contribution in [0, 0.1) is 11.8 Å². The lowest BCUT2D eigenvalue weighted by Crippen LogP contribution is -1.95.